The maximum Gasteiger partial charge on any atom is -0.00114 e. The van der Waals surface area contributed by atoms with Crippen molar-refractivity contribution in [1.29, 1.82) is 0 Å². The summed E-state index contributed by atoms with van der Waals surface area (Å²) < 4.78 is 0. The Morgan fingerprint density at radius 2 is 2.18 bits per heavy atom. The van der Waals surface area contributed by atoms with E-state index in [2.05, 4.69) is 36.5 Å². The third-order valence-electron chi connectivity index (χ3n) is 1.75. The molecule has 0 aliphatic heterocycles. The lowest BCUT2D eigenvalue weighted by Crippen LogP contribution is -2.10. The van der Waals surface area contributed by atoms with Gasteiger partial charge in [-0.2, -0.15) is 0 Å². The molecule has 1 N–H and O–H groups in total. The first-order valence-corrected chi connectivity index (χ1v) is 4.03. The summed E-state index contributed by atoms with van der Waals surface area (Å²) >= 11 is 0. The van der Waals surface area contributed by atoms with Crippen LogP contribution < -0.4 is 5.32 Å². The first-order valence-electron chi connectivity index (χ1n) is 4.03. The minimum atomic E-state index is 1.06. The van der Waals surface area contributed by atoms with Crippen LogP contribution in [0.25, 0.3) is 0 Å². The Bertz CT molecular complexity index is 218. The van der Waals surface area contributed by atoms with Crippen LogP contribution in [0.5, 0.6) is 0 Å². The van der Waals surface area contributed by atoms with E-state index in [1.165, 1.54) is 11.1 Å². The predicted octanol–water partition coefficient (Wildman–Crippen LogP) is 1.76. The van der Waals surface area contributed by atoms with Crippen LogP contribution in [0.15, 0.2) is 24.3 Å². The van der Waals surface area contributed by atoms with Crippen molar-refractivity contribution in [1.82, 2.24) is 5.32 Å². The van der Waals surface area contributed by atoms with Crippen LogP contribution in [-0.2, 0) is 6.42 Å². The van der Waals surface area contributed by atoms with Gasteiger partial charge in [0.05, 0.1) is 0 Å². The van der Waals surface area contributed by atoms with Gasteiger partial charge in [0.25, 0.3) is 0 Å². The number of aryl methyl sites for hydroxylation is 1. The summed E-state index contributed by atoms with van der Waals surface area (Å²) in [6, 6.07) is 8.64. The molecule has 0 saturated heterocycles. The van der Waals surface area contributed by atoms with E-state index in [4.69, 9.17) is 0 Å². The van der Waals surface area contributed by atoms with Crippen LogP contribution in [0, 0.1) is 6.92 Å². The van der Waals surface area contributed by atoms with Gasteiger partial charge in [-0.3, -0.25) is 0 Å². The number of nitrogens with one attached hydrogen (secondary N) is 1. The first kappa shape index (κ1) is 8.28. The van der Waals surface area contributed by atoms with Gasteiger partial charge < -0.3 is 5.32 Å². The number of rotatable bonds is 3. The highest BCUT2D eigenvalue weighted by atomic mass is 14.8. The SMILES string of the molecule is CNCCc1cccc(C)c1. The maximum atomic E-state index is 3.14. The quantitative estimate of drug-likeness (QED) is 0.690. The number of hydrogen-bond donors (Lipinski definition) is 1. The van der Waals surface area contributed by atoms with Gasteiger partial charge in [0, 0.05) is 0 Å². The van der Waals surface area contributed by atoms with Crippen LogP contribution in [0.2, 0.25) is 0 Å². The molecule has 0 radical (unpaired) electrons. The molecule has 0 aromatic heterocycles. The van der Waals surface area contributed by atoms with E-state index in [-0.39, 0.29) is 0 Å². The van der Waals surface area contributed by atoms with Crippen LogP contribution in [0.1, 0.15) is 11.1 Å². The zero-order valence-corrected chi connectivity index (χ0v) is 7.22. The molecule has 60 valence electrons. The molecule has 0 bridgehead atoms. The third kappa shape index (κ3) is 2.72. The van der Waals surface area contributed by atoms with Crippen LogP contribution in [0.4, 0.5) is 0 Å². The molecule has 0 aliphatic rings. The van der Waals surface area contributed by atoms with Crippen LogP contribution in [0.3, 0.4) is 0 Å². The Balaban J connectivity index is 2.56. The molecule has 1 nitrogen and oxygen atoms in total. The van der Waals surface area contributed by atoms with E-state index < -0.39 is 0 Å². The number of hydrogen-bond acceptors (Lipinski definition) is 1. The highest BCUT2D eigenvalue weighted by Crippen LogP contribution is 2.03. The minimum absolute atomic E-state index is 1.06. The van der Waals surface area contributed by atoms with Gasteiger partial charge in [-0.05, 0) is 32.5 Å². The summed E-state index contributed by atoms with van der Waals surface area (Å²) in [5.41, 5.74) is 2.76. The zero-order chi connectivity index (χ0) is 8.10. The third-order valence-corrected chi connectivity index (χ3v) is 1.75. The fourth-order valence-electron chi connectivity index (χ4n) is 1.14. The molecule has 1 aromatic rings. The van der Waals surface area contributed by atoms with Crippen molar-refractivity contribution in [2.24, 2.45) is 0 Å². The van der Waals surface area contributed by atoms with Crippen molar-refractivity contribution in [3.63, 3.8) is 0 Å². The molecule has 0 atom stereocenters. The highest BCUT2D eigenvalue weighted by molar-refractivity contribution is 5.22. The van der Waals surface area contributed by atoms with Crippen molar-refractivity contribution in [2.45, 2.75) is 13.3 Å². The Morgan fingerprint density at radius 3 is 2.82 bits per heavy atom. The van der Waals surface area contributed by atoms with Crippen molar-refractivity contribution < 1.29 is 0 Å². The van der Waals surface area contributed by atoms with Gasteiger partial charge in [0.15, 0.2) is 0 Å². The van der Waals surface area contributed by atoms with Crippen LogP contribution in [-0.4, -0.2) is 13.6 Å². The highest BCUT2D eigenvalue weighted by Gasteiger charge is 1.90. The summed E-state index contributed by atoms with van der Waals surface area (Å²) in [6.45, 7) is 3.19. The first-order chi connectivity index (χ1) is 5.33. The van der Waals surface area contributed by atoms with E-state index in [0.29, 0.717) is 0 Å². The summed E-state index contributed by atoms with van der Waals surface area (Å²) in [4.78, 5) is 0. The fourth-order valence-corrected chi connectivity index (χ4v) is 1.14. The Labute approximate surface area is 68.4 Å². The molecule has 1 aromatic carbocycles. The predicted molar refractivity (Wildman–Crippen MR) is 48.8 cm³/mol. The van der Waals surface area contributed by atoms with Crippen LogP contribution >= 0.6 is 0 Å². The largest absolute Gasteiger partial charge is 0.319 e. The van der Waals surface area contributed by atoms with Gasteiger partial charge in [-0.1, -0.05) is 29.8 Å². The Hall–Kier alpha value is -0.820. The second kappa shape index (κ2) is 4.14. The average Bonchev–Trinajstić information content (AvgIpc) is 2.01. The summed E-state index contributed by atoms with van der Waals surface area (Å²) in [5.74, 6) is 0. The van der Waals surface area contributed by atoms with Crippen molar-refractivity contribution >= 4 is 0 Å². The average molecular weight is 149 g/mol. The molecule has 1 rings (SSSR count). The summed E-state index contributed by atoms with van der Waals surface area (Å²) in [6.07, 6.45) is 1.12. The van der Waals surface area contributed by atoms with Gasteiger partial charge in [0.2, 0.25) is 0 Å². The number of likely N-dealkylation sites (N-methyl/N-ethyl adjacent to an activating group) is 1. The molecule has 0 amide bonds. The minimum Gasteiger partial charge on any atom is -0.319 e. The van der Waals surface area contributed by atoms with E-state index in [0.717, 1.165) is 13.0 Å². The maximum absolute atomic E-state index is 3.14. The van der Waals surface area contributed by atoms with Gasteiger partial charge in [0.1, 0.15) is 0 Å². The van der Waals surface area contributed by atoms with E-state index in [9.17, 15) is 0 Å². The smallest absolute Gasteiger partial charge is 0.00114 e. The molecule has 0 aliphatic carbocycles. The topological polar surface area (TPSA) is 12.0 Å². The lowest BCUT2D eigenvalue weighted by atomic mass is 10.1. The monoisotopic (exact) mass is 149 g/mol. The molecule has 11 heavy (non-hydrogen) atoms. The molecule has 0 heterocycles. The zero-order valence-electron chi connectivity index (χ0n) is 7.22. The fraction of sp³-hybridized carbons (Fsp3) is 0.400. The second-order valence-electron chi connectivity index (χ2n) is 2.84. The van der Waals surface area contributed by atoms with Crippen molar-refractivity contribution in [3.8, 4) is 0 Å². The van der Waals surface area contributed by atoms with E-state index in [1.807, 2.05) is 7.05 Å². The summed E-state index contributed by atoms with van der Waals surface area (Å²) in [5, 5.41) is 3.14. The molecule has 0 unspecified atom stereocenters. The van der Waals surface area contributed by atoms with Gasteiger partial charge in [-0.25, -0.2) is 0 Å². The molecular weight excluding hydrogens is 134 g/mol. The van der Waals surface area contributed by atoms with Gasteiger partial charge >= 0.3 is 0 Å². The molecular formula is C10H15N. The normalized spacial score (nSPS) is 10.0. The molecule has 0 fully saturated rings. The second-order valence-corrected chi connectivity index (χ2v) is 2.84. The van der Waals surface area contributed by atoms with E-state index >= 15 is 0 Å². The summed E-state index contributed by atoms with van der Waals surface area (Å²) in [7, 11) is 1.98. The van der Waals surface area contributed by atoms with E-state index in [1.54, 1.807) is 0 Å². The van der Waals surface area contributed by atoms with Crippen molar-refractivity contribution in [3.05, 3.63) is 35.4 Å². The standard InChI is InChI=1S/C10H15N/c1-9-4-3-5-10(8-9)6-7-11-2/h3-5,8,11H,6-7H2,1-2H3. The van der Waals surface area contributed by atoms with Crippen molar-refractivity contribution in [2.75, 3.05) is 13.6 Å². The lowest BCUT2D eigenvalue weighted by molar-refractivity contribution is 0.791. The van der Waals surface area contributed by atoms with Gasteiger partial charge in [-0.15, -0.1) is 0 Å². The molecule has 1 heteroatoms. The Kier molecular flexibility index (Phi) is 3.12. The number of benzene rings is 1. The molecule has 0 saturated carbocycles. The molecule has 0 spiro atoms. The Morgan fingerprint density at radius 1 is 1.36 bits per heavy atom. The lowest BCUT2D eigenvalue weighted by Gasteiger charge is -2.00.